The van der Waals surface area contributed by atoms with Crippen LogP contribution in [0.3, 0.4) is 0 Å². The van der Waals surface area contributed by atoms with Crippen LogP contribution in [0.2, 0.25) is 0 Å². The van der Waals surface area contributed by atoms with Gasteiger partial charge in [0.05, 0.1) is 7.11 Å². The van der Waals surface area contributed by atoms with Gasteiger partial charge in [0.25, 0.3) is 5.91 Å². The van der Waals surface area contributed by atoms with Crippen LogP contribution in [0.25, 0.3) is 0 Å². The van der Waals surface area contributed by atoms with Gasteiger partial charge in [-0.15, -0.1) is 0 Å². The number of carbonyl (C=O) groups is 1. The summed E-state index contributed by atoms with van der Waals surface area (Å²) >= 11 is 0. The summed E-state index contributed by atoms with van der Waals surface area (Å²) in [5, 5.41) is 3.41. The van der Waals surface area contributed by atoms with Crippen LogP contribution >= 0.6 is 0 Å². The number of carbonyl (C=O) groups excluding carboxylic acids is 1. The molecule has 0 radical (unpaired) electrons. The van der Waals surface area contributed by atoms with Gasteiger partial charge in [0, 0.05) is 26.2 Å². The number of hydrogen-bond donors (Lipinski definition) is 1. The van der Waals surface area contributed by atoms with Crippen molar-refractivity contribution in [1.29, 1.82) is 0 Å². The van der Waals surface area contributed by atoms with Crippen molar-refractivity contribution in [1.82, 2.24) is 10.2 Å². The van der Waals surface area contributed by atoms with Gasteiger partial charge in [0.15, 0.2) is 29.6 Å². The van der Waals surface area contributed by atoms with Gasteiger partial charge in [-0.2, -0.15) is 0 Å². The third-order valence-electron chi connectivity index (χ3n) is 5.13. The minimum Gasteiger partial charge on any atom is -0.493 e. The van der Waals surface area contributed by atoms with Crippen LogP contribution < -0.4 is 24.3 Å². The molecule has 7 nitrogen and oxygen atoms in total. The molecule has 2 aliphatic rings. The number of nitrogens with zero attached hydrogens (tertiary/aromatic N) is 1. The summed E-state index contributed by atoms with van der Waals surface area (Å²) in [7, 11) is 1.61. The summed E-state index contributed by atoms with van der Waals surface area (Å²) in [6, 6.07) is 11.7. The van der Waals surface area contributed by atoms with Crippen molar-refractivity contribution in [3.63, 3.8) is 0 Å². The lowest BCUT2D eigenvalue weighted by Gasteiger charge is -2.17. The third kappa shape index (κ3) is 4.74. The van der Waals surface area contributed by atoms with E-state index in [0.717, 1.165) is 48.6 Å². The Kier molecular flexibility index (Phi) is 6.05. The maximum Gasteiger partial charge on any atom is 0.260 e. The molecule has 1 amide bonds. The monoisotopic (exact) mass is 398 g/mol. The maximum absolute atomic E-state index is 12.2. The third-order valence-corrected chi connectivity index (χ3v) is 5.13. The first kappa shape index (κ1) is 19.4. The van der Waals surface area contributed by atoms with E-state index in [0.29, 0.717) is 24.6 Å². The van der Waals surface area contributed by atoms with Gasteiger partial charge in [-0.25, -0.2) is 0 Å². The lowest BCUT2D eigenvalue weighted by atomic mass is 10.1. The summed E-state index contributed by atoms with van der Waals surface area (Å²) in [6.07, 6.45) is 2.14. The normalized spacial score (nSPS) is 14.9. The second-order valence-electron chi connectivity index (χ2n) is 7.15. The van der Waals surface area contributed by atoms with E-state index < -0.39 is 0 Å². The van der Waals surface area contributed by atoms with E-state index in [1.807, 2.05) is 41.3 Å². The molecule has 0 spiro atoms. The molecule has 4 rings (SSSR count). The van der Waals surface area contributed by atoms with Crippen molar-refractivity contribution in [3.05, 3.63) is 47.5 Å². The van der Waals surface area contributed by atoms with Gasteiger partial charge in [0.1, 0.15) is 0 Å². The zero-order chi connectivity index (χ0) is 20.1. The number of amides is 1. The van der Waals surface area contributed by atoms with E-state index in [4.69, 9.17) is 18.9 Å². The number of rotatable bonds is 8. The van der Waals surface area contributed by atoms with Crippen LogP contribution in [0.1, 0.15) is 24.0 Å². The Bertz CT molecular complexity index is 864. The fourth-order valence-electron chi connectivity index (χ4n) is 3.54. The van der Waals surface area contributed by atoms with Crippen molar-refractivity contribution in [2.45, 2.75) is 25.9 Å². The van der Waals surface area contributed by atoms with Crippen molar-refractivity contribution < 1.29 is 23.7 Å². The number of fused-ring (bicyclic) bond motifs is 1. The second-order valence-corrected chi connectivity index (χ2v) is 7.15. The van der Waals surface area contributed by atoms with Crippen molar-refractivity contribution in [2.75, 3.05) is 33.6 Å². The largest absolute Gasteiger partial charge is 0.493 e. The quantitative estimate of drug-likeness (QED) is 0.737. The Morgan fingerprint density at radius 2 is 1.72 bits per heavy atom. The standard InChI is InChI=1S/C22H26N2O5/c1-26-20-10-16(4-6-18(20)27-14-22(25)24-8-2-3-9-24)12-23-13-17-5-7-19-21(11-17)29-15-28-19/h4-7,10-11,23H,2-3,8-9,12-15H2,1H3. The van der Waals surface area contributed by atoms with E-state index in [2.05, 4.69) is 5.32 Å². The molecular weight excluding hydrogens is 372 g/mol. The Morgan fingerprint density at radius 3 is 2.52 bits per heavy atom. The van der Waals surface area contributed by atoms with E-state index in [1.165, 1.54) is 0 Å². The van der Waals surface area contributed by atoms with Crippen molar-refractivity contribution >= 4 is 5.91 Å². The molecule has 2 heterocycles. The molecule has 2 aromatic carbocycles. The molecule has 2 aromatic rings. The SMILES string of the molecule is COc1cc(CNCc2ccc3c(c2)OCO3)ccc1OCC(=O)N1CCCC1. The predicted octanol–water partition coefficient (Wildman–Crippen LogP) is 2.71. The summed E-state index contributed by atoms with van der Waals surface area (Å²) < 4.78 is 21.9. The molecular formula is C22H26N2O5. The van der Waals surface area contributed by atoms with Gasteiger partial charge in [-0.1, -0.05) is 12.1 Å². The molecule has 1 saturated heterocycles. The molecule has 0 atom stereocenters. The van der Waals surface area contributed by atoms with Gasteiger partial charge < -0.3 is 29.2 Å². The van der Waals surface area contributed by atoms with E-state index >= 15 is 0 Å². The zero-order valence-corrected chi connectivity index (χ0v) is 16.6. The molecule has 0 bridgehead atoms. The Morgan fingerprint density at radius 1 is 1.00 bits per heavy atom. The second kappa shape index (κ2) is 9.05. The minimum absolute atomic E-state index is 0.0269. The van der Waals surface area contributed by atoms with Gasteiger partial charge in [-0.3, -0.25) is 4.79 Å². The highest BCUT2D eigenvalue weighted by Gasteiger charge is 2.19. The fourth-order valence-corrected chi connectivity index (χ4v) is 3.54. The fraction of sp³-hybridized carbons (Fsp3) is 0.409. The molecule has 29 heavy (non-hydrogen) atoms. The smallest absolute Gasteiger partial charge is 0.260 e. The number of ether oxygens (including phenoxy) is 4. The number of nitrogens with one attached hydrogen (secondary N) is 1. The number of hydrogen-bond acceptors (Lipinski definition) is 6. The molecule has 0 saturated carbocycles. The first-order valence-corrected chi connectivity index (χ1v) is 9.89. The van der Waals surface area contributed by atoms with Crippen LogP contribution in [-0.2, 0) is 17.9 Å². The molecule has 2 aliphatic heterocycles. The lowest BCUT2D eigenvalue weighted by molar-refractivity contribution is -0.132. The minimum atomic E-state index is 0.0269. The molecule has 0 unspecified atom stereocenters. The van der Waals surface area contributed by atoms with Gasteiger partial charge >= 0.3 is 0 Å². The first-order valence-electron chi connectivity index (χ1n) is 9.89. The van der Waals surface area contributed by atoms with Crippen LogP contribution in [-0.4, -0.2) is 44.4 Å². The van der Waals surface area contributed by atoms with Crippen LogP contribution in [0.15, 0.2) is 36.4 Å². The van der Waals surface area contributed by atoms with E-state index in [1.54, 1.807) is 7.11 Å². The summed E-state index contributed by atoms with van der Waals surface area (Å²) in [5.74, 6) is 2.81. The summed E-state index contributed by atoms with van der Waals surface area (Å²) in [6.45, 7) is 3.36. The molecule has 1 fully saturated rings. The number of benzene rings is 2. The highest BCUT2D eigenvalue weighted by Crippen LogP contribution is 2.32. The van der Waals surface area contributed by atoms with E-state index in [-0.39, 0.29) is 19.3 Å². The number of methoxy groups -OCH3 is 1. The van der Waals surface area contributed by atoms with Gasteiger partial charge in [0.2, 0.25) is 6.79 Å². The maximum atomic E-state index is 12.2. The molecule has 154 valence electrons. The number of likely N-dealkylation sites (tertiary alicyclic amines) is 1. The molecule has 0 aromatic heterocycles. The average molecular weight is 398 g/mol. The Balaban J connectivity index is 1.29. The average Bonchev–Trinajstić information content (AvgIpc) is 3.44. The van der Waals surface area contributed by atoms with Crippen LogP contribution in [0.5, 0.6) is 23.0 Å². The Hall–Kier alpha value is -2.93. The Labute approximate surface area is 170 Å². The summed E-state index contributed by atoms with van der Waals surface area (Å²) in [5.41, 5.74) is 2.20. The van der Waals surface area contributed by atoms with Crippen molar-refractivity contribution in [3.8, 4) is 23.0 Å². The zero-order valence-electron chi connectivity index (χ0n) is 16.6. The van der Waals surface area contributed by atoms with Gasteiger partial charge in [-0.05, 0) is 48.2 Å². The van der Waals surface area contributed by atoms with E-state index in [9.17, 15) is 4.79 Å². The van der Waals surface area contributed by atoms with Crippen molar-refractivity contribution in [2.24, 2.45) is 0 Å². The molecule has 1 N–H and O–H groups in total. The molecule has 7 heteroatoms. The summed E-state index contributed by atoms with van der Waals surface area (Å²) in [4.78, 5) is 14.0. The predicted molar refractivity (Wildman–Crippen MR) is 107 cm³/mol. The van der Waals surface area contributed by atoms with Crippen LogP contribution in [0.4, 0.5) is 0 Å². The molecule has 0 aliphatic carbocycles. The first-order chi connectivity index (χ1) is 14.2. The van der Waals surface area contributed by atoms with Crippen LogP contribution in [0, 0.1) is 0 Å². The highest BCUT2D eigenvalue weighted by atomic mass is 16.7. The lowest BCUT2D eigenvalue weighted by Crippen LogP contribution is -2.32. The highest BCUT2D eigenvalue weighted by molar-refractivity contribution is 5.78. The topological polar surface area (TPSA) is 69.3 Å².